The predicted octanol–water partition coefficient (Wildman–Crippen LogP) is 8.37. The normalized spacial score (nSPS) is 12.7. The highest BCUT2D eigenvalue weighted by Gasteiger charge is 2.28. The second-order valence-electron chi connectivity index (χ2n) is 14.8. The molecule has 0 aliphatic heterocycles. The second kappa shape index (κ2) is 14.3. The van der Waals surface area contributed by atoms with E-state index in [1.807, 2.05) is 27.7 Å². The first-order valence-electron chi connectivity index (χ1n) is 14.4. The average Bonchev–Trinajstić information content (AvgIpc) is 2.76. The minimum atomic E-state index is -0.657. The molecule has 222 valence electrons. The number of esters is 3. The lowest BCUT2D eigenvalue weighted by Crippen LogP contribution is -2.26. The molecule has 0 saturated carbocycles. The van der Waals surface area contributed by atoms with Crippen LogP contribution in [-0.2, 0) is 14.2 Å². The summed E-state index contributed by atoms with van der Waals surface area (Å²) >= 11 is 0. The molecule has 0 saturated heterocycles. The van der Waals surface area contributed by atoms with E-state index < -0.39 is 17.9 Å². The van der Waals surface area contributed by atoms with Crippen LogP contribution in [0.1, 0.15) is 133 Å². The lowest BCUT2D eigenvalue weighted by molar-refractivity contribution is 0.0262. The first-order valence-corrected chi connectivity index (χ1v) is 14.4. The fourth-order valence-electron chi connectivity index (χ4n) is 5.53. The molecular formula is C33H54O6. The van der Waals surface area contributed by atoms with Crippen LogP contribution in [0.25, 0.3) is 0 Å². The maximum atomic E-state index is 13.3. The quantitative estimate of drug-likeness (QED) is 0.162. The molecule has 0 aliphatic rings. The SMILES string of the molecule is CC(C)CC(C)(C)COC(=O)c1ccc(C(=O)OCC(C)(C)CC(C)C)c(C(=O)OCC(C)(C)CC(C)C)c1. The van der Waals surface area contributed by atoms with Gasteiger partial charge in [0, 0.05) is 0 Å². The van der Waals surface area contributed by atoms with Gasteiger partial charge in [0.05, 0.1) is 36.5 Å². The molecule has 0 atom stereocenters. The topological polar surface area (TPSA) is 78.9 Å². The smallest absolute Gasteiger partial charge is 0.339 e. The van der Waals surface area contributed by atoms with E-state index in [1.54, 1.807) is 0 Å². The minimum Gasteiger partial charge on any atom is -0.462 e. The molecule has 0 fully saturated rings. The zero-order chi connectivity index (χ0) is 30.2. The van der Waals surface area contributed by atoms with Crippen LogP contribution in [0.15, 0.2) is 18.2 Å². The summed E-state index contributed by atoms with van der Waals surface area (Å²) in [5, 5.41) is 0. The third-order valence-corrected chi connectivity index (χ3v) is 6.36. The number of carbonyl (C=O) groups excluding carboxylic acids is 3. The Labute approximate surface area is 237 Å². The Bertz CT molecular complexity index is 968. The van der Waals surface area contributed by atoms with Gasteiger partial charge in [-0.1, -0.05) is 83.1 Å². The number of benzene rings is 1. The summed E-state index contributed by atoms with van der Waals surface area (Å²) in [4.78, 5) is 39.4. The third kappa shape index (κ3) is 13.0. The fourth-order valence-corrected chi connectivity index (χ4v) is 5.53. The summed E-state index contributed by atoms with van der Waals surface area (Å²) in [6, 6.07) is 4.36. The van der Waals surface area contributed by atoms with Gasteiger partial charge in [0.15, 0.2) is 0 Å². The van der Waals surface area contributed by atoms with Crippen LogP contribution in [-0.4, -0.2) is 37.7 Å². The third-order valence-electron chi connectivity index (χ3n) is 6.36. The predicted molar refractivity (Wildman–Crippen MR) is 157 cm³/mol. The lowest BCUT2D eigenvalue weighted by atomic mass is 9.85. The monoisotopic (exact) mass is 546 g/mol. The summed E-state index contributed by atoms with van der Waals surface area (Å²) in [6.07, 6.45) is 2.67. The summed E-state index contributed by atoms with van der Waals surface area (Å²) in [5.74, 6) is -0.450. The Kier molecular flexibility index (Phi) is 12.7. The van der Waals surface area contributed by atoms with Crippen LogP contribution in [0.5, 0.6) is 0 Å². The Hall–Kier alpha value is -2.37. The van der Waals surface area contributed by atoms with Gasteiger partial charge in [-0.05, 0) is 71.5 Å². The lowest BCUT2D eigenvalue weighted by Gasteiger charge is -2.27. The van der Waals surface area contributed by atoms with Crippen LogP contribution >= 0.6 is 0 Å². The van der Waals surface area contributed by atoms with Gasteiger partial charge in [-0.15, -0.1) is 0 Å². The Morgan fingerprint density at radius 1 is 0.564 bits per heavy atom. The molecule has 1 rings (SSSR count). The van der Waals surface area contributed by atoms with E-state index in [0.29, 0.717) is 17.8 Å². The van der Waals surface area contributed by atoms with Crippen molar-refractivity contribution in [2.45, 2.75) is 102 Å². The molecule has 0 heterocycles. The fraction of sp³-hybridized carbons (Fsp3) is 0.727. The summed E-state index contributed by atoms with van der Waals surface area (Å²) in [7, 11) is 0. The zero-order valence-electron chi connectivity index (χ0n) is 26.7. The molecule has 0 bridgehead atoms. The van der Waals surface area contributed by atoms with Gasteiger partial charge in [0.25, 0.3) is 0 Å². The largest absolute Gasteiger partial charge is 0.462 e. The number of hydrogen-bond donors (Lipinski definition) is 0. The van der Waals surface area contributed by atoms with E-state index in [-0.39, 0.29) is 52.8 Å². The highest BCUT2D eigenvalue weighted by atomic mass is 16.5. The summed E-state index contributed by atoms with van der Waals surface area (Å²) in [6.45, 7) is 25.7. The van der Waals surface area contributed by atoms with Crippen molar-refractivity contribution in [3.8, 4) is 0 Å². The molecule has 1 aromatic carbocycles. The van der Waals surface area contributed by atoms with E-state index in [4.69, 9.17) is 14.2 Å². The highest BCUT2D eigenvalue weighted by molar-refractivity contribution is 6.05. The van der Waals surface area contributed by atoms with E-state index in [0.717, 1.165) is 19.3 Å². The van der Waals surface area contributed by atoms with Crippen molar-refractivity contribution in [3.05, 3.63) is 34.9 Å². The average molecular weight is 547 g/mol. The minimum absolute atomic E-state index is 0.0119. The van der Waals surface area contributed by atoms with Gasteiger partial charge in [0.2, 0.25) is 0 Å². The first kappa shape index (κ1) is 34.7. The molecule has 0 N–H and O–H groups in total. The Morgan fingerprint density at radius 3 is 1.26 bits per heavy atom. The molecule has 0 spiro atoms. The van der Waals surface area contributed by atoms with Gasteiger partial charge >= 0.3 is 17.9 Å². The van der Waals surface area contributed by atoms with Crippen LogP contribution in [0, 0.1) is 34.0 Å². The van der Waals surface area contributed by atoms with Crippen LogP contribution < -0.4 is 0 Å². The van der Waals surface area contributed by atoms with E-state index in [2.05, 4.69) is 55.4 Å². The van der Waals surface area contributed by atoms with Crippen LogP contribution in [0.3, 0.4) is 0 Å². The number of carbonyl (C=O) groups is 3. The molecule has 0 aliphatic carbocycles. The molecule has 6 nitrogen and oxygen atoms in total. The van der Waals surface area contributed by atoms with Gasteiger partial charge < -0.3 is 14.2 Å². The highest BCUT2D eigenvalue weighted by Crippen LogP contribution is 2.29. The molecule has 0 radical (unpaired) electrons. The maximum absolute atomic E-state index is 13.3. The molecule has 39 heavy (non-hydrogen) atoms. The zero-order valence-corrected chi connectivity index (χ0v) is 26.7. The van der Waals surface area contributed by atoms with Gasteiger partial charge in [-0.2, -0.15) is 0 Å². The molecule has 0 unspecified atom stereocenters. The first-order chi connectivity index (χ1) is 17.7. The number of hydrogen-bond acceptors (Lipinski definition) is 6. The van der Waals surface area contributed by atoms with Crippen LogP contribution in [0.4, 0.5) is 0 Å². The van der Waals surface area contributed by atoms with E-state index in [1.165, 1.54) is 18.2 Å². The van der Waals surface area contributed by atoms with Gasteiger partial charge in [-0.3, -0.25) is 0 Å². The van der Waals surface area contributed by atoms with E-state index in [9.17, 15) is 14.4 Å². The molecule has 6 heteroatoms. The Morgan fingerprint density at radius 2 is 0.897 bits per heavy atom. The van der Waals surface area contributed by atoms with Crippen LogP contribution in [0.2, 0.25) is 0 Å². The van der Waals surface area contributed by atoms with Gasteiger partial charge in [-0.25, -0.2) is 14.4 Å². The summed E-state index contributed by atoms with van der Waals surface area (Å²) in [5.41, 5.74) is -0.334. The van der Waals surface area contributed by atoms with Crippen molar-refractivity contribution in [1.82, 2.24) is 0 Å². The van der Waals surface area contributed by atoms with E-state index >= 15 is 0 Å². The number of rotatable bonds is 15. The van der Waals surface area contributed by atoms with Crippen molar-refractivity contribution in [2.24, 2.45) is 34.0 Å². The van der Waals surface area contributed by atoms with Crippen molar-refractivity contribution >= 4 is 17.9 Å². The van der Waals surface area contributed by atoms with Gasteiger partial charge in [0.1, 0.15) is 0 Å². The van der Waals surface area contributed by atoms with Crippen molar-refractivity contribution in [1.29, 1.82) is 0 Å². The standard InChI is InChI=1S/C33H54O6/c1-22(2)16-31(7,8)19-37-28(34)25-13-14-26(29(35)38-20-32(9,10)17-23(3)4)27(15-25)30(36)39-21-33(11,12)18-24(5)6/h13-15,22-24H,16-21H2,1-12H3. The Balaban J connectivity index is 3.22. The molecule has 0 aromatic heterocycles. The molecular weight excluding hydrogens is 492 g/mol. The second-order valence-corrected chi connectivity index (χ2v) is 14.8. The number of ether oxygens (including phenoxy) is 3. The molecule has 0 amide bonds. The van der Waals surface area contributed by atoms with Crippen molar-refractivity contribution < 1.29 is 28.6 Å². The summed E-state index contributed by atoms with van der Waals surface area (Å²) < 4.78 is 16.9. The van der Waals surface area contributed by atoms with Crippen molar-refractivity contribution in [2.75, 3.05) is 19.8 Å². The maximum Gasteiger partial charge on any atom is 0.339 e. The van der Waals surface area contributed by atoms with Crippen molar-refractivity contribution in [3.63, 3.8) is 0 Å². The molecule has 1 aromatic rings.